The van der Waals surface area contributed by atoms with Gasteiger partial charge >= 0.3 is 0 Å². The van der Waals surface area contributed by atoms with Crippen LogP contribution in [0.25, 0.3) is 11.4 Å². The molecule has 2 atom stereocenters. The molecule has 2 aliphatic heterocycles. The van der Waals surface area contributed by atoms with Crippen molar-refractivity contribution in [3.05, 3.63) is 83.4 Å². The number of piperidine rings is 1. The standard InChI is InChI=1S/C26H23FN4O3/c1-16-6-4-13-30(22(16)15-31-24(32)19-7-2-3-8-20(19)25(31)33)26(34)21-14-17(27)9-10-18(21)23-28-11-5-12-29-23/h2-3,5,7-12,14,16,22H,4,6,13,15H2,1H3/t16-,22-/m1/s1. The van der Waals surface area contributed by atoms with Crippen LogP contribution >= 0.6 is 0 Å². The zero-order valence-corrected chi connectivity index (χ0v) is 18.6. The van der Waals surface area contributed by atoms with Gasteiger partial charge in [0.15, 0.2) is 5.82 Å². The topological polar surface area (TPSA) is 83.5 Å². The van der Waals surface area contributed by atoms with E-state index < -0.39 is 11.9 Å². The smallest absolute Gasteiger partial charge is 0.261 e. The lowest BCUT2D eigenvalue weighted by Crippen LogP contribution is -2.54. The number of carbonyl (C=O) groups is 3. The van der Waals surface area contributed by atoms with Crippen LogP contribution in [0.1, 0.15) is 50.8 Å². The van der Waals surface area contributed by atoms with E-state index in [0.717, 1.165) is 12.8 Å². The van der Waals surface area contributed by atoms with Crippen LogP contribution in [0.15, 0.2) is 60.9 Å². The summed E-state index contributed by atoms with van der Waals surface area (Å²) in [5, 5.41) is 0. The van der Waals surface area contributed by atoms with Crippen LogP contribution in [-0.2, 0) is 0 Å². The molecule has 7 nitrogen and oxygen atoms in total. The Labute approximate surface area is 196 Å². The molecule has 2 aromatic carbocycles. The molecule has 5 rings (SSSR count). The van der Waals surface area contributed by atoms with Gasteiger partial charge in [-0.15, -0.1) is 0 Å². The van der Waals surface area contributed by atoms with Gasteiger partial charge in [0, 0.05) is 24.5 Å². The summed E-state index contributed by atoms with van der Waals surface area (Å²) in [7, 11) is 0. The quantitative estimate of drug-likeness (QED) is 0.555. The third-order valence-electron chi connectivity index (χ3n) is 6.64. The Morgan fingerprint density at radius 1 is 1.00 bits per heavy atom. The van der Waals surface area contributed by atoms with E-state index in [0.29, 0.717) is 29.1 Å². The second kappa shape index (κ2) is 8.78. The fourth-order valence-electron chi connectivity index (χ4n) is 4.85. The molecule has 0 unspecified atom stereocenters. The molecule has 1 saturated heterocycles. The summed E-state index contributed by atoms with van der Waals surface area (Å²) in [5.41, 5.74) is 1.35. The fourth-order valence-corrected chi connectivity index (χ4v) is 4.85. The van der Waals surface area contributed by atoms with Crippen molar-refractivity contribution in [1.82, 2.24) is 19.8 Å². The Morgan fingerprint density at radius 3 is 2.35 bits per heavy atom. The summed E-state index contributed by atoms with van der Waals surface area (Å²) in [4.78, 5) is 51.0. The minimum Gasteiger partial charge on any atom is -0.334 e. The fraction of sp³-hybridized carbons (Fsp3) is 0.269. The van der Waals surface area contributed by atoms with Crippen LogP contribution in [0.4, 0.5) is 4.39 Å². The molecule has 0 radical (unpaired) electrons. The second-order valence-electron chi connectivity index (χ2n) is 8.71. The zero-order chi connectivity index (χ0) is 23.8. The molecule has 0 bridgehead atoms. The van der Waals surface area contributed by atoms with Crippen molar-refractivity contribution in [3.63, 3.8) is 0 Å². The average Bonchev–Trinajstić information content (AvgIpc) is 3.10. The van der Waals surface area contributed by atoms with Crippen molar-refractivity contribution < 1.29 is 18.8 Å². The lowest BCUT2D eigenvalue weighted by atomic mass is 9.89. The van der Waals surface area contributed by atoms with Gasteiger partial charge in [-0.2, -0.15) is 0 Å². The first-order valence-electron chi connectivity index (χ1n) is 11.3. The number of nitrogens with zero attached hydrogens (tertiary/aromatic N) is 4. The molecule has 0 aliphatic carbocycles. The Kier molecular flexibility index (Phi) is 5.65. The van der Waals surface area contributed by atoms with Gasteiger partial charge in [-0.05, 0) is 55.2 Å². The number of aromatic nitrogens is 2. The van der Waals surface area contributed by atoms with Crippen molar-refractivity contribution in [2.45, 2.75) is 25.8 Å². The number of likely N-dealkylation sites (tertiary alicyclic amines) is 1. The van der Waals surface area contributed by atoms with Gasteiger partial charge in [0.2, 0.25) is 0 Å². The summed E-state index contributed by atoms with van der Waals surface area (Å²) in [6.45, 7) is 2.55. The number of fused-ring (bicyclic) bond motifs is 1. The monoisotopic (exact) mass is 458 g/mol. The Bertz CT molecular complexity index is 1250. The first-order chi connectivity index (χ1) is 16.5. The number of amides is 3. The molecule has 172 valence electrons. The molecule has 8 heteroatoms. The molecule has 2 aliphatic rings. The van der Waals surface area contributed by atoms with E-state index in [2.05, 4.69) is 9.97 Å². The molecule has 0 saturated carbocycles. The lowest BCUT2D eigenvalue weighted by Gasteiger charge is -2.41. The van der Waals surface area contributed by atoms with Crippen LogP contribution < -0.4 is 0 Å². The van der Waals surface area contributed by atoms with E-state index in [1.54, 1.807) is 47.6 Å². The Balaban J connectivity index is 1.48. The normalized spacial score (nSPS) is 19.9. The number of hydrogen-bond acceptors (Lipinski definition) is 5. The highest BCUT2D eigenvalue weighted by Gasteiger charge is 2.41. The van der Waals surface area contributed by atoms with Crippen LogP contribution in [0, 0.1) is 11.7 Å². The summed E-state index contributed by atoms with van der Waals surface area (Å²) >= 11 is 0. The molecule has 0 spiro atoms. The first kappa shape index (κ1) is 21.9. The maximum atomic E-state index is 14.2. The van der Waals surface area contributed by atoms with Gasteiger partial charge in [0.25, 0.3) is 17.7 Å². The van der Waals surface area contributed by atoms with Crippen molar-refractivity contribution in [2.75, 3.05) is 13.1 Å². The predicted molar refractivity (Wildman–Crippen MR) is 122 cm³/mol. The van der Waals surface area contributed by atoms with E-state index in [9.17, 15) is 18.8 Å². The van der Waals surface area contributed by atoms with E-state index in [1.807, 2.05) is 6.92 Å². The third kappa shape index (κ3) is 3.75. The minimum absolute atomic E-state index is 0.0481. The van der Waals surface area contributed by atoms with E-state index >= 15 is 0 Å². The molecule has 0 N–H and O–H groups in total. The highest BCUT2D eigenvalue weighted by molar-refractivity contribution is 6.21. The van der Waals surface area contributed by atoms with Gasteiger partial charge < -0.3 is 4.90 Å². The van der Waals surface area contributed by atoms with E-state index in [1.165, 1.54) is 23.1 Å². The number of carbonyl (C=O) groups excluding carboxylic acids is 3. The Morgan fingerprint density at radius 2 is 1.68 bits per heavy atom. The van der Waals surface area contributed by atoms with Crippen LogP contribution in [-0.4, -0.2) is 56.6 Å². The van der Waals surface area contributed by atoms with Crippen molar-refractivity contribution >= 4 is 17.7 Å². The number of rotatable bonds is 4. The van der Waals surface area contributed by atoms with Crippen molar-refractivity contribution in [3.8, 4) is 11.4 Å². The maximum Gasteiger partial charge on any atom is 0.261 e. The minimum atomic E-state index is -0.537. The number of hydrogen-bond donors (Lipinski definition) is 0. The van der Waals surface area contributed by atoms with Gasteiger partial charge in [-0.3, -0.25) is 19.3 Å². The number of imide groups is 1. The van der Waals surface area contributed by atoms with Crippen molar-refractivity contribution in [2.24, 2.45) is 5.92 Å². The predicted octanol–water partition coefficient (Wildman–Crippen LogP) is 3.82. The lowest BCUT2D eigenvalue weighted by molar-refractivity contribution is 0.0369. The third-order valence-corrected chi connectivity index (χ3v) is 6.64. The molecular formula is C26H23FN4O3. The molecule has 34 heavy (non-hydrogen) atoms. The van der Waals surface area contributed by atoms with Gasteiger partial charge in [-0.25, -0.2) is 14.4 Å². The SMILES string of the molecule is C[C@@H]1CCCN(C(=O)c2cc(F)ccc2-c2ncccn2)[C@@H]1CN1C(=O)c2ccccc2C1=O. The first-order valence-corrected chi connectivity index (χ1v) is 11.3. The van der Waals surface area contributed by atoms with E-state index in [4.69, 9.17) is 0 Å². The molecule has 3 heterocycles. The number of halogens is 1. The summed E-state index contributed by atoms with van der Waals surface area (Å²) in [6, 6.07) is 12.0. The van der Waals surface area contributed by atoms with Crippen molar-refractivity contribution in [1.29, 1.82) is 0 Å². The van der Waals surface area contributed by atoms with Crippen LogP contribution in [0.3, 0.4) is 0 Å². The molecule has 3 aromatic rings. The molecule has 1 fully saturated rings. The summed E-state index contributed by atoms with van der Waals surface area (Å²) in [5.74, 6) is -1.23. The highest BCUT2D eigenvalue weighted by atomic mass is 19.1. The molecule has 3 amide bonds. The van der Waals surface area contributed by atoms with Gasteiger partial charge in [0.1, 0.15) is 5.82 Å². The maximum absolute atomic E-state index is 14.2. The second-order valence-corrected chi connectivity index (χ2v) is 8.71. The zero-order valence-electron chi connectivity index (χ0n) is 18.6. The molecular weight excluding hydrogens is 435 g/mol. The average molecular weight is 458 g/mol. The highest BCUT2D eigenvalue weighted by Crippen LogP contribution is 2.31. The largest absolute Gasteiger partial charge is 0.334 e. The molecule has 1 aromatic heterocycles. The van der Waals surface area contributed by atoms with Crippen LogP contribution in [0.2, 0.25) is 0 Å². The number of benzene rings is 2. The summed E-state index contributed by atoms with van der Waals surface area (Å²) < 4.78 is 14.2. The van der Waals surface area contributed by atoms with Crippen LogP contribution in [0.5, 0.6) is 0 Å². The van der Waals surface area contributed by atoms with Gasteiger partial charge in [0.05, 0.1) is 29.3 Å². The van der Waals surface area contributed by atoms with E-state index in [-0.39, 0.29) is 35.7 Å². The van der Waals surface area contributed by atoms with Gasteiger partial charge in [-0.1, -0.05) is 19.1 Å². The summed E-state index contributed by atoms with van der Waals surface area (Å²) in [6.07, 6.45) is 4.76. The Hall–Kier alpha value is -3.94.